The molecule has 6 heteroatoms. The smallest absolute Gasteiger partial charge is 0.337 e. The van der Waals surface area contributed by atoms with E-state index in [0.717, 1.165) is 13.1 Å². The summed E-state index contributed by atoms with van der Waals surface area (Å²) in [7, 11) is 3.71. The number of halogens is 1. The standard InChI is InChI=1S/C10H14ClN3O2/c1-12-3-4-14(2)9-8(11)5-7(6-13-9)10(15)16/h5-6,12H,3-4H2,1-2H3,(H,15,16). The highest BCUT2D eigenvalue weighted by Gasteiger charge is 2.11. The van der Waals surface area contributed by atoms with Crippen LogP contribution in [-0.4, -0.2) is 43.2 Å². The Hall–Kier alpha value is -1.33. The molecule has 1 rings (SSSR count). The van der Waals surface area contributed by atoms with Crippen LogP contribution in [0.15, 0.2) is 12.3 Å². The molecule has 5 nitrogen and oxygen atoms in total. The van der Waals surface area contributed by atoms with Crippen LogP contribution >= 0.6 is 11.6 Å². The predicted octanol–water partition coefficient (Wildman–Crippen LogP) is 1.09. The SMILES string of the molecule is CNCCN(C)c1ncc(C(=O)O)cc1Cl. The molecule has 0 unspecified atom stereocenters. The number of nitrogens with one attached hydrogen (secondary N) is 1. The third-order valence-corrected chi connectivity index (χ3v) is 2.41. The fraction of sp³-hybridized carbons (Fsp3) is 0.400. The molecule has 0 saturated carbocycles. The van der Waals surface area contributed by atoms with Crippen molar-refractivity contribution in [3.8, 4) is 0 Å². The van der Waals surface area contributed by atoms with Crippen molar-refractivity contribution in [2.75, 3.05) is 32.1 Å². The highest BCUT2D eigenvalue weighted by Crippen LogP contribution is 2.22. The number of hydrogen-bond acceptors (Lipinski definition) is 4. The van der Waals surface area contributed by atoms with E-state index in [0.29, 0.717) is 10.8 Å². The van der Waals surface area contributed by atoms with Gasteiger partial charge in [-0.1, -0.05) is 11.6 Å². The molecule has 0 radical (unpaired) electrons. The second kappa shape index (κ2) is 5.67. The van der Waals surface area contributed by atoms with Crippen LogP contribution < -0.4 is 10.2 Å². The van der Waals surface area contributed by atoms with E-state index in [9.17, 15) is 4.79 Å². The average molecular weight is 244 g/mol. The monoisotopic (exact) mass is 243 g/mol. The Balaban J connectivity index is 2.85. The zero-order valence-corrected chi connectivity index (χ0v) is 9.95. The molecule has 0 aliphatic heterocycles. The molecule has 0 saturated heterocycles. The minimum atomic E-state index is -1.03. The van der Waals surface area contributed by atoms with Gasteiger partial charge in [0.1, 0.15) is 5.82 Å². The summed E-state index contributed by atoms with van der Waals surface area (Å²) in [6.45, 7) is 1.55. The Morgan fingerprint density at radius 2 is 2.38 bits per heavy atom. The Labute approximate surface area is 99.0 Å². The van der Waals surface area contributed by atoms with Gasteiger partial charge in [-0.3, -0.25) is 0 Å². The van der Waals surface area contributed by atoms with Crippen LogP contribution in [0, 0.1) is 0 Å². The second-order valence-corrected chi connectivity index (χ2v) is 3.77. The van der Waals surface area contributed by atoms with Crippen LogP contribution in [-0.2, 0) is 0 Å². The number of pyridine rings is 1. The van der Waals surface area contributed by atoms with Gasteiger partial charge in [-0.15, -0.1) is 0 Å². The molecule has 0 aliphatic rings. The van der Waals surface area contributed by atoms with Crippen molar-refractivity contribution in [3.63, 3.8) is 0 Å². The van der Waals surface area contributed by atoms with E-state index >= 15 is 0 Å². The lowest BCUT2D eigenvalue weighted by atomic mass is 10.3. The van der Waals surface area contributed by atoms with Crippen LogP contribution in [0.2, 0.25) is 5.02 Å². The molecule has 16 heavy (non-hydrogen) atoms. The maximum absolute atomic E-state index is 10.7. The molecular weight excluding hydrogens is 230 g/mol. The van der Waals surface area contributed by atoms with Crippen LogP contribution in [0.3, 0.4) is 0 Å². The summed E-state index contributed by atoms with van der Waals surface area (Å²) in [4.78, 5) is 16.6. The number of aromatic nitrogens is 1. The van der Waals surface area contributed by atoms with E-state index in [4.69, 9.17) is 16.7 Å². The molecular formula is C10H14ClN3O2. The van der Waals surface area contributed by atoms with Gasteiger partial charge < -0.3 is 15.3 Å². The number of rotatable bonds is 5. The van der Waals surface area contributed by atoms with Gasteiger partial charge in [0.15, 0.2) is 0 Å². The lowest BCUT2D eigenvalue weighted by Crippen LogP contribution is -2.28. The Morgan fingerprint density at radius 1 is 1.69 bits per heavy atom. The Kier molecular flexibility index (Phi) is 4.52. The van der Waals surface area contributed by atoms with E-state index in [-0.39, 0.29) is 5.56 Å². The number of aromatic carboxylic acids is 1. The first kappa shape index (κ1) is 12.7. The van der Waals surface area contributed by atoms with E-state index in [2.05, 4.69) is 10.3 Å². The molecule has 1 heterocycles. The molecule has 0 aromatic carbocycles. The predicted molar refractivity (Wildman–Crippen MR) is 63.4 cm³/mol. The molecule has 0 amide bonds. The van der Waals surface area contributed by atoms with Gasteiger partial charge in [-0.05, 0) is 13.1 Å². The fourth-order valence-corrected chi connectivity index (χ4v) is 1.52. The highest BCUT2D eigenvalue weighted by atomic mass is 35.5. The second-order valence-electron chi connectivity index (χ2n) is 3.36. The zero-order chi connectivity index (χ0) is 12.1. The molecule has 0 aliphatic carbocycles. The first-order valence-corrected chi connectivity index (χ1v) is 5.18. The molecule has 88 valence electrons. The molecule has 0 atom stereocenters. The summed E-state index contributed by atoms with van der Waals surface area (Å²) in [6, 6.07) is 1.40. The van der Waals surface area contributed by atoms with Gasteiger partial charge >= 0.3 is 5.97 Å². The fourth-order valence-electron chi connectivity index (χ4n) is 1.21. The molecule has 0 spiro atoms. The van der Waals surface area contributed by atoms with Crippen LogP contribution in [0.1, 0.15) is 10.4 Å². The van der Waals surface area contributed by atoms with Gasteiger partial charge in [-0.2, -0.15) is 0 Å². The lowest BCUT2D eigenvalue weighted by molar-refractivity contribution is 0.0696. The van der Waals surface area contributed by atoms with E-state index in [1.807, 2.05) is 19.0 Å². The topological polar surface area (TPSA) is 65.5 Å². The number of carboxylic acids is 1. The summed E-state index contributed by atoms with van der Waals surface area (Å²) in [5.74, 6) is -0.444. The number of likely N-dealkylation sites (N-methyl/N-ethyl adjacent to an activating group) is 2. The van der Waals surface area contributed by atoms with Gasteiger partial charge in [0.2, 0.25) is 0 Å². The van der Waals surface area contributed by atoms with Gasteiger partial charge in [-0.25, -0.2) is 9.78 Å². The average Bonchev–Trinajstić information content (AvgIpc) is 2.25. The van der Waals surface area contributed by atoms with E-state index in [1.165, 1.54) is 12.3 Å². The summed E-state index contributed by atoms with van der Waals surface area (Å²) in [6.07, 6.45) is 1.30. The third kappa shape index (κ3) is 3.08. The van der Waals surface area contributed by atoms with Crippen molar-refractivity contribution < 1.29 is 9.90 Å². The quantitative estimate of drug-likeness (QED) is 0.811. The Bertz CT molecular complexity index is 384. The first-order chi connectivity index (χ1) is 7.56. The van der Waals surface area contributed by atoms with Crippen molar-refractivity contribution in [1.82, 2.24) is 10.3 Å². The molecule has 1 aromatic rings. The van der Waals surface area contributed by atoms with Crippen molar-refractivity contribution >= 4 is 23.4 Å². The number of hydrogen-bond donors (Lipinski definition) is 2. The zero-order valence-electron chi connectivity index (χ0n) is 9.20. The molecule has 0 bridgehead atoms. The highest BCUT2D eigenvalue weighted by molar-refractivity contribution is 6.33. The number of anilines is 1. The minimum absolute atomic E-state index is 0.0933. The van der Waals surface area contributed by atoms with E-state index in [1.54, 1.807) is 0 Å². The first-order valence-electron chi connectivity index (χ1n) is 4.81. The normalized spacial score (nSPS) is 10.2. The summed E-state index contributed by atoms with van der Waals surface area (Å²) >= 11 is 5.96. The number of carboxylic acid groups (broad SMARTS) is 1. The molecule has 0 fully saturated rings. The van der Waals surface area contributed by atoms with Crippen LogP contribution in [0.25, 0.3) is 0 Å². The Morgan fingerprint density at radius 3 is 2.88 bits per heavy atom. The largest absolute Gasteiger partial charge is 0.478 e. The van der Waals surface area contributed by atoms with Gasteiger partial charge in [0.25, 0.3) is 0 Å². The van der Waals surface area contributed by atoms with Crippen LogP contribution in [0.4, 0.5) is 5.82 Å². The van der Waals surface area contributed by atoms with Gasteiger partial charge in [0.05, 0.1) is 10.6 Å². The summed E-state index contributed by atoms with van der Waals surface area (Å²) in [5, 5.41) is 12.1. The molecule has 1 aromatic heterocycles. The maximum Gasteiger partial charge on any atom is 0.337 e. The third-order valence-electron chi connectivity index (χ3n) is 2.13. The summed E-state index contributed by atoms with van der Waals surface area (Å²) in [5.41, 5.74) is 0.0933. The minimum Gasteiger partial charge on any atom is -0.478 e. The summed E-state index contributed by atoms with van der Waals surface area (Å²) < 4.78 is 0. The molecule has 2 N–H and O–H groups in total. The number of nitrogens with zero attached hydrogens (tertiary/aromatic N) is 2. The van der Waals surface area contributed by atoms with E-state index < -0.39 is 5.97 Å². The lowest BCUT2D eigenvalue weighted by Gasteiger charge is -2.19. The van der Waals surface area contributed by atoms with Crippen molar-refractivity contribution in [2.24, 2.45) is 0 Å². The van der Waals surface area contributed by atoms with Crippen molar-refractivity contribution in [1.29, 1.82) is 0 Å². The number of carbonyl (C=O) groups is 1. The maximum atomic E-state index is 10.7. The van der Waals surface area contributed by atoms with Crippen molar-refractivity contribution in [3.05, 3.63) is 22.8 Å². The van der Waals surface area contributed by atoms with Gasteiger partial charge in [0, 0.05) is 26.3 Å². The van der Waals surface area contributed by atoms with Crippen molar-refractivity contribution in [2.45, 2.75) is 0 Å². The van der Waals surface area contributed by atoms with Crippen LogP contribution in [0.5, 0.6) is 0 Å².